The van der Waals surface area contributed by atoms with Gasteiger partial charge in [0.2, 0.25) is 5.16 Å². The molecule has 1 aliphatic rings. The second kappa shape index (κ2) is 5.13. The molecule has 7 heteroatoms. The van der Waals surface area contributed by atoms with E-state index in [0.29, 0.717) is 12.8 Å². The average molecular weight is 301 g/mol. The highest BCUT2D eigenvalue weighted by atomic mass is 32.2. The predicted molar refractivity (Wildman–Crippen MR) is 75.7 cm³/mol. The molecular formula is C13H23N3O3S. The molecule has 0 unspecified atom stereocenters. The van der Waals surface area contributed by atoms with Gasteiger partial charge in [-0.2, -0.15) is 0 Å². The molecule has 1 aliphatic carbocycles. The van der Waals surface area contributed by atoms with Gasteiger partial charge in [0.25, 0.3) is 10.0 Å². The van der Waals surface area contributed by atoms with Crippen molar-refractivity contribution >= 4 is 10.0 Å². The first-order valence-corrected chi connectivity index (χ1v) is 8.37. The zero-order valence-corrected chi connectivity index (χ0v) is 13.2. The summed E-state index contributed by atoms with van der Waals surface area (Å²) in [5, 5.41) is 9.92. The van der Waals surface area contributed by atoms with E-state index in [0.717, 1.165) is 0 Å². The van der Waals surface area contributed by atoms with Crippen LogP contribution < -0.4 is 4.72 Å². The molecule has 1 saturated carbocycles. The van der Waals surface area contributed by atoms with Crippen LogP contribution in [-0.4, -0.2) is 34.7 Å². The third-order valence-electron chi connectivity index (χ3n) is 3.89. The Hall–Kier alpha value is -0.920. The van der Waals surface area contributed by atoms with Gasteiger partial charge in [0.05, 0.1) is 5.60 Å². The molecule has 0 radical (unpaired) electrons. The van der Waals surface area contributed by atoms with E-state index in [9.17, 15) is 13.5 Å². The second-order valence-corrected chi connectivity index (χ2v) is 7.96. The van der Waals surface area contributed by atoms with Crippen molar-refractivity contribution in [2.24, 2.45) is 5.92 Å². The number of sulfonamides is 1. The van der Waals surface area contributed by atoms with Gasteiger partial charge in [-0.15, -0.1) is 0 Å². The first kappa shape index (κ1) is 15.5. The molecule has 1 aromatic heterocycles. The van der Waals surface area contributed by atoms with E-state index < -0.39 is 15.6 Å². The second-order valence-electron chi connectivity index (χ2n) is 6.35. The van der Waals surface area contributed by atoms with Crippen LogP contribution in [0.25, 0.3) is 0 Å². The highest BCUT2D eigenvalue weighted by Crippen LogP contribution is 2.36. The van der Waals surface area contributed by atoms with Crippen LogP contribution in [0.1, 0.15) is 46.6 Å². The summed E-state index contributed by atoms with van der Waals surface area (Å²) in [6.07, 6.45) is 4.48. The van der Waals surface area contributed by atoms with Crippen molar-refractivity contribution in [1.82, 2.24) is 14.3 Å². The minimum atomic E-state index is -3.60. The summed E-state index contributed by atoms with van der Waals surface area (Å²) >= 11 is 0. The molecule has 2 N–H and O–H groups in total. The highest BCUT2D eigenvalue weighted by Gasteiger charge is 2.41. The fourth-order valence-corrected chi connectivity index (χ4v) is 3.95. The van der Waals surface area contributed by atoms with Gasteiger partial charge in [-0.05, 0) is 46.5 Å². The van der Waals surface area contributed by atoms with Gasteiger partial charge in [-0.25, -0.2) is 18.1 Å². The van der Waals surface area contributed by atoms with Gasteiger partial charge in [0.15, 0.2) is 0 Å². The van der Waals surface area contributed by atoms with Crippen molar-refractivity contribution in [1.29, 1.82) is 0 Å². The van der Waals surface area contributed by atoms with Crippen molar-refractivity contribution < 1.29 is 13.5 Å². The Labute approximate surface area is 120 Å². The van der Waals surface area contributed by atoms with Crippen LogP contribution in [0.4, 0.5) is 0 Å². The lowest BCUT2D eigenvalue weighted by Gasteiger charge is -2.42. The molecule has 2 rings (SSSR count). The topological polar surface area (TPSA) is 84.2 Å². The molecular weight excluding hydrogens is 278 g/mol. The van der Waals surface area contributed by atoms with E-state index >= 15 is 0 Å². The summed E-state index contributed by atoms with van der Waals surface area (Å²) in [5.74, 6) is 0.139. The van der Waals surface area contributed by atoms with Gasteiger partial charge in [0.1, 0.15) is 0 Å². The number of aromatic nitrogens is 2. The third kappa shape index (κ3) is 3.05. The van der Waals surface area contributed by atoms with Crippen LogP contribution in [-0.2, 0) is 10.0 Å². The monoisotopic (exact) mass is 301 g/mol. The van der Waals surface area contributed by atoms with Crippen LogP contribution in [0, 0.1) is 5.92 Å². The van der Waals surface area contributed by atoms with Gasteiger partial charge in [0, 0.05) is 24.5 Å². The Balaban J connectivity index is 2.05. The average Bonchev–Trinajstić information content (AvgIpc) is 2.70. The van der Waals surface area contributed by atoms with E-state index in [1.54, 1.807) is 24.6 Å². The predicted octanol–water partition coefficient (Wildman–Crippen LogP) is 1.29. The fraction of sp³-hybridized carbons (Fsp3) is 0.769. The number of hydrogen-bond acceptors (Lipinski definition) is 4. The van der Waals surface area contributed by atoms with Crippen LogP contribution in [0.5, 0.6) is 0 Å². The van der Waals surface area contributed by atoms with Crippen molar-refractivity contribution in [3.05, 3.63) is 12.4 Å². The fourth-order valence-electron chi connectivity index (χ4n) is 2.46. The highest BCUT2D eigenvalue weighted by molar-refractivity contribution is 7.89. The van der Waals surface area contributed by atoms with E-state index in [4.69, 9.17) is 0 Å². The maximum Gasteiger partial charge on any atom is 0.274 e. The third-order valence-corrected chi connectivity index (χ3v) is 5.33. The maximum atomic E-state index is 12.3. The molecule has 0 spiro atoms. The molecule has 20 heavy (non-hydrogen) atoms. The van der Waals surface area contributed by atoms with Gasteiger partial charge >= 0.3 is 0 Å². The number of aliphatic hydroxyl groups is 1. The molecule has 0 atom stereocenters. The zero-order chi connectivity index (χ0) is 15.1. The van der Waals surface area contributed by atoms with E-state index in [-0.39, 0.29) is 23.2 Å². The smallest absolute Gasteiger partial charge is 0.274 e. The number of rotatable bonds is 5. The van der Waals surface area contributed by atoms with Crippen molar-refractivity contribution in [2.75, 3.05) is 0 Å². The SMILES string of the molecule is CC(C)n1ccnc1S(=O)(=O)NC1CC(C(C)(C)O)C1. The summed E-state index contributed by atoms with van der Waals surface area (Å²) in [5.41, 5.74) is -0.752. The summed E-state index contributed by atoms with van der Waals surface area (Å²) in [7, 11) is -3.60. The minimum absolute atomic E-state index is 0.0367. The van der Waals surface area contributed by atoms with Crippen molar-refractivity contribution in [3.63, 3.8) is 0 Å². The summed E-state index contributed by atoms with van der Waals surface area (Å²) in [4.78, 5) is 3.95. The Bertz CT molecular complexity index is 566. The largest absolute Gasteiger partial charge is 0.390 e. The number of imidazole rings is 1. The van der Waals surface area contributed by atoms with Crippen LogP contribution in [0.15, 0.2) is 17.6 Å². The summed E-state index contributed by atoms with van der Waals surface area (Å²) in [6.45, 7) is 7.34. The van der Waals surface area contributed by atoms with Gasteiger partial charge < -0.3 is 9.67 Å². The zero-order valence-electron chi connectivity index (χ0n) is 12.4. The number of hydrogen-bond donors (Lipinski definition) is 2. The van der Waals surface area contributed by atoms with Crippen molar-refractivity contribution in [3.8, 4) is 0 Å². The maximum absolute atomic E-state index is 12.3. The quantitative estimate of drug-likeness (QED) is 0.858. The Kier molecular flexibility index (Phi) is 3.96. The first-order valence-electron chi connectivity index (χ1n) is 6.89. The standard InChI is InChI=1S/C13H23N3O3S/c1-9(2)16-6-5-14-12(16)20(18,19)15-11-7-10(8-11)13(3,4)17/h5-6,9-11,15,17H,7-8H2,1-4H3. The normalized spacial score (nSPS) is 23.9. The van der Waals surface area contributed by atoms with E-state index in [2.05, 4.69) is 9.71 Å². The molecule has 1 heterocycles. The van der Waals surface area contributed by atoms with E-state index in [1.807, 2.05) is 13.8 Å². The Morgan fingerprint density at radius 3 is 2.55 bits per heavy atom. The Morgan fingerprint density at radius 2 is 2.05 bits per heavy atom. The van der Waals surface area contributed by atoms with Crippen LogP contribution in [0.3, 0.4) is 0 Å². The van der Waals surface area contributed by atoms with Gasteiger partial charge in [-0.3, -0.25) is 0 Å². The summed E-state index contributed by atoms with van der Waals surface area (Å²) < 4.78 is 28.9. The van der Waals surface area contributed by atoms with Crippen LogP contribution in [0.2, 0.25) is 0 Å². The summed E-state index contributed by atoms with van der Waals surface area (Å²) in [6, 6.07) is -0.0803. The lowest BCUT2D eigenvalue weighted by molar-refractivity contribution is -0.0285. The minimum Gasteiger partial charge on any atom is -0.390 e. The molecule has 0 aromatic carbocycles. The Morgan fingerprint density at radius 1 is 1.45 bits per heavy atom. The molecule has 1 aromatic rings. The lowest BCUT2D eigenvalue weighted by atomic mass is 9.72. The molecule has 0 amide bonds. The first-order chi connectivity index (χ1) is 9.11. The van der Waals surface area contributed by atoms with Crippen LogP contribution >= 0.6 is 0 Å². The number of nitrogens with one attached hydrogen (secondary N) is 1. The number of nitrogens with zero attached hydrogens (tertiary/aromatic N) is 2. The lowest BCUT2D eigenvalue weighted by Crippen LogP contribution is -2.51. The van der Waals surface area contributed by atoms with E-state index in [1.165, 1.54) is 6.20 Å². The molecule has 0 bridgehead atoms. The molecule has 1 fully saturated rings. The van der Waals surface area contributed by atoms with Gasteiger partial charge in [-0.1, -0.05) is 0 Å². The molecule has 6 nitrogen and oxygen atoms in total. The molecule has 0 saturated heterocycles. The molecule has 0 aliphatic heterocycles. The molecule has 114 valence electrons. The van der Waals surface area contributed by atoms with Crippen molar-refractivity contribution in [2.45, 2.75) is 63.4 Å².